The first-order valence-electron chi connectivity index (χ1n) is 5.14. The fourth-order valence-corrected chi connectivity index (χ4v) is 2.05. The molecule has 1 saturated carbocycles. The van der Waals surface area contributed by atoms with Gasteiger partial charge in [-0.05, 0) is 19.4 Å². The molecule has 0 aromatic carbocycles. The zero-order valence-corrected chi connectivity index (χ0v) is 8.31. The van der Waals surface area contributed by atoms with E-state index in [0.29, 0.717) is 12.1 Å². The largest absolute Gasteiger partial charge is 0.380 e. The average Bonchev–Trinajstić information content (AvgIpc) is 2.30. The van der Waals surface area contributed by atoms with Crippen molar-refractivity contribution >= 4 is 0 Å². The molecule has 0 aromatic heterocycles. The van der Waals surface area contributed by atoms with E-state index in [-0.39, 0.29) is 0 Å². The molecule has 2 nitrogen and oxygen atoms in total. The third kappa shape index (κ3) is 2.76. The fraction of sp³-hybridized carbons (Fsp3) is 1.00. The van der Waals surface area contributed by atoms with Crippen molar-refractivity contribution in [3.63, 3.8) is 0 Å². The van der Waals surface area contributed by atoms with E-state index in [1.165, 1.54) is 32.1 Å². The monoisotopic (exact) mass is 171 g/mol. The van der Waals surface area contributed by atoms with Crippen LogP contribution in [-0.2, 0) is 4.74 Å². The Morgan fingerprint density at radius 2 is 2.00 bits per heavy atom. The second-order valence-electron chi connectivity index (χ2n) is 3.58. The molecule has 12 heavy (non-hydrogen) atoms. The molecule has 2 atom stereocenters. The number of methoxy groups -OCH3 is 1. The lowest BCUT2D eigenvalue weighted by atomic mass is 10.1. The molecule has 1 aliphatic rings. The van der Waals surface area contributed by atoms with Gasteiger partial charge in [0.2, 0.25) is 0 Å². The fourth-order valence-electron chi connectivity index (χ4n) is 2.05. The van der Waals surface area contributed by atoms with Gasteiger partial charge in [0.1, 0.15) is 0 Å². The topological polar surface area (TPSA) is 21.3 Å². The first-order chi connectivity index (χ1) is 5.88. The van der Waals surface area contributed by atoms with Gasteiger partial charge in [0.25, 0.3) is 0 Å². The van der Waals surface area contributed by atoms with Crippen molar-refractivity contribution in [2.75, 3.05) is 13.7 Å². The Morgan fingerprint density at radius 3 is 2.67 bits per heavy atom. The summed E-state index contributed by atoms with van der Waals surface area (Å²) in [5.41, 5.74) is 0. The smallest absolute Gasteiger partial charge is 0.0724 e. The zero-order valence-electron chi connectivity index (χ0n) is 8.31. The van der Waals surface area contributed by atoms with Gasteiger partial charge in [-0.1, -0.05) is 26.2 Å². The molecule has 0 heterocycles. The Hall–Kier alpha value is -0.0800. The van der Waals surface area contributed by atoms with Gasteiger partial charge in [-0.25, -0.2) is 0 Å². The summed E-state index contributed by atoms with van der Waals surface area (Å²) in [6.07, 6.45) is 7.03. The van der Waals surface area contributed by atoms with E-state index in [1.807, 2.05) is 7.11 Å². The molecule has 0 radical (unpaired) electrons. The van der Waals surface area contributed by atoms with E-state index in [1.54, 1.807) is 0 Å². The summed E-state index contributed by atoms with van der Waals surface area (Å²) in [5, 5.41) is 3.50. The first-order valence-corrected chi connectivity index (χ1v) is 5.14. The van der Waals surface area contributed by atoms with E-state index in [9.17, 15) is 0 Å². The molecule has 1 aliphatic carbocycles. The molecule has 72 valence electrons. The van der Waals surface area contributed by atoms with Crippen molar-refractivity contribution in [3.8, 4) is 0 Å². The molecule has 0 amide bonds. The normalized spacial score (nSPS) is 31.5. The van der Waals surface area contributed by atoms with Crippen molar-refractivity contribution in [3.05, 3.63) is 0 Å². The maximum absolute atomic E-state index is 5.47. The van der Waals surface area contributed by atoms with Gasteiger partial charge < -0.3 is 10.1 Å². The number of hydrogen-bond donors (Lipinski definition) is 1. The van der Waals surface area contributed by atoms with Crippen molar-refractivity contribution in [2.24, 2.45) is 0 Å². The number of nitrogens with one attached hydrogen (secondary N) is 1. The third-order valence-electron chi connectivity index (χ3n) is 2.72. The van der Waals surface area contributed by atoms with Crippen LogP contribution in [0.25, 0.3) is 0 Å². The molecule has 0 spiro atoms. The molecular weight excluding hydrogens is 150 g/mol. The van der Waals surface area contributed by atoms with E-state index < -0.39 is 0 Å². The van der Waals surface area contributed by atoms with Gasteiger partial charge in [-0.2, -0.15) is 0 Å². The lowest BCUT2D eigenvalue weighted by molar-refractivity contribution is 0.0638. The van der Waals surface area contributed by atoms with Gasteiger partial charge in [0, 0.05) is 13.2 Å². The number of hydrogen-bond acceptors (Lipinski definition) is 2. The molecular formula is C10H21NO. The number of rotatable bonds is 3. The molecule has 1 N–H and O–H groups in total. The van der Waals surface area contributed by atoms with Crippen LogP contribution >= 0.6 is 0 Å². The van der Waals surface area contributed by atoms with E-state index in [2.05, 4.69) is 12.2 Å². The van der Waals surface area contributed by atoms with Crippen LogP contribution in [0, 0.1) is 0 Å². The van der Waals surface area contributed by atoms with Gasteiger partial charge >= 0.3 is 0 Å². The predicted octanol–water partition coefficient (Wildman–Crippen LogP) is 1.94. The van der Waals surface area contributed by atoms with Crippen LogP contribution in [0.4, 0.5) is 0 Å². The molecule has 1 rings (SSSR count). The van der Waals surface area contributed by atoms with Gasteiger partial charge in [0.05, 0.1) is 6.10 Å². The summed E-state index contributed by atoms with van der Waals surface area (Å²) < 4.78 is 5.47. The lowest BCUT2D eigenvalue weighted by Gasteiger charge is -2.24. The van der Waals surface area contributed by atoms with E-state index in [4.69, 9.17) is 4.74 Å². The summed E-state index contributed by atoms with van der Waals surface area (Å²) in [6, 6.07) is 0.600. The summed E-state index contributed by atoms with van der Waals surface area (Å²) >= 11 is 0. The van der Waals surface area contributed by atoms with Crippen LogP contribution in [-0.4, -0.2) is 25.8 Å². The minimum Gasteiger partial charge on any atom is -0.380 e. The van der Waals surface area contributed by atoms with E-state index in [0.717, 1.165) is 6.54 Å². The minimum absolute atomic E-state index is 0.451. The maximum atomic E-state index is 5.47. The van der Waals surface area contributed by atoms with Crippen molar-refractivity contribution in [1.82, 2.24) is 5.32 Å². The highest BCUT2D eigenvalue weighted by Gasteiger charge is 2.21. The molecule has 0 bridgehead atoms. The second kappa shape index (κ2) is 5.55. The molecule has 1 fully saturated rings. The van der Waals surface area contributed by atoms with Crippen molar-refractivity contribution < 1.29 is 4.74 Å². The number of likely N-dealkylation sites (N-methyl/N-ethyl adjacent to an activating group) is 1. The molecule has 0 aromatic rings. The standard InChI is InChI=1S/C10H21NO/c1-3-11-9-7-5-4-6-8-10(9)12-2/h9-11H,3-8H2,1-2H3. The zero-order chi connectivity index (χ0) is 8.81. The second-order valence-corrected chi connectivity index (χ2v) is 3.58. The third-order valence-corrected chi connectivity index (χ3v) is 2.72. The molecule has 2 unspecified atom stereocenters. The highest BCUT2D eigenvalue weighted by Crippen LogP contribution is 2.19. The Kier molecular flexibility index (Phi) is 4.62. The van der Waals surface area contributed by atoms with Crippen LogP contribution in [0.3, 0.4) is 0 Å². The van der Waals surface area contributed by atoms with Gasteiger partial charge in [-0.15, -0.1) is 0 Å². The lowest BCUT2D eigenvalue weighted by Crippen LogP contribution is -2.39. The van der Waals surface area contributed by atoms with Crippen LogP contribution in [0.2, 0.25) is 0 Å². The summed E-state index contributed by atoms with van der Waals surface area (Å²) in [6.45, 7) is 3.22. The average molecular weight is 171 g/mol. The highest BCUT2D eigenvalue weighted by molar-refractivity contribution is 4.79. The van der Waals surface area contributed by atoms with Crippen molar-refractivity contribution in [1.29, 1.82) is 0 Å². The van der Waals surface area contributed by atoms with Crippen LogP contribution in [0.1, 0.15) is 39.0 Å². The summed E-state index contributed by atoms with van der Waals surface area (Å²) in [7, 11) is 1.83. The highest BCUT2D eigenvalue weighted by atomic mass is 16.5. The predicted molar refractivity (Wildman–Crippen MR) is 51.3 cm³/mol. The van der Waals surface area contributed by atoms with Crippen molar-refractivity contribution in [2.45, 2.75) is 51.2 Å². The van der Waals surface area contributed by atoms with E-state index >= 15 is 0 Å². The summed E-state index contributed by atoms with van der Waals surface area (Å²) in [5.74, 6) is 0. The first kappa shape index (κ1) is 10.0. The SMILES string of the molecule is CCNC1CCCCCC1OC. The van der Waals surface area contributed by atoms with Gasteiger partial charge in [0.15, 0.2) is 0 Å². The Bertz CT molecular complexity index is 116. The minimum atomic E-state index is 0.451. The van der Waals surface area contributed by atoms with Crippen LogP contribution in [0.15, 0.2) is 0 Å². The summed E-state index contributed by atoms with van der Waals surface area (Å²) in [4.78, 5) is 0. The van der Waals surface area contributed by atoms with Gasteiger partial charge in [-0.3, -0.25) is 0 Å². The number of ether oxygens (including phenoxy) is 1. The Labute approximate surface area is 75.7 Å². The molecule has 0 saturated heterocycles. The Balaban J connectivity index is 2.39. The quantitative estimate of drug-likeness (QED) is 0.655. The molecule has 2 heteroatoms. The van der Waals surface area contributed by atoms with Crippen LogP contribution < -0.4 is 5.32 Å². The maximum Gasteiger partial charge on any atom is 0.0724 e. The molecule has 0 aliphatic heterocycles. The Morgan fingerprint density at radius 1 is 1.25 bits per heavy atom. The van der Waals surface area contributed by atoms with Crippen LogP contribution in [0.5, 0.6) is 0 Å².